The van der Waals surface area contributed by atoms with Crippen LogP contribution in [0.2, 0.25) is 0 Å². The zero-order valence-corrected chi connectivity index (χ0v) is 15.6. The first-order valence-corrected chi connectivity index (χ1v) is 9.71. The Morgan fingerprint density at radius 1 is 1.19 bits per heavy atom. The van der Waals surface area contributed by atoms with Gasteiger partial charge < -0.3 is 15.3 Å². The fourth-order valence-corrected chi connectivity index (χ4v) is 3.65. The van der Waals surface area contributed by atoms with Crippen molar-refractivity contribution in [3.8, 4) is 0 Å². The van der Waals surface area contributed by atoms with E-state index in [1.165, 1.54) is 11.3 Å². The predicted octanol–water partition coefficient (Wildman–Crippen LogP) is 2.65. The summed E-state index contributed by atoms with van der Waals surface area (Å²) in [6, 6.07) is 6.78. The van der Waals surface area contributed by atoms with E-state index in [2.05, 4.69) is 10.3 Å². The second-order valence-corrected chi connectivity index (χ2v) is 7.44. The summed E-state index contributed by atoms with van der Waals surface area (Å²) < 4.78 is 0. The number of thiazole rings is 1. The molecule has 0 radical (unpaired) electrons. The van der Waals surface area contributed by atoms with Crippen LogP contribution in [-0.2, 0) is 16.0 Å². The summed E-state index contributed by atoms with van der Waals surface area (Å²) in [6.45, 7) is 0.899. The van der Waals surface area contributed by atoms with Crippen molar-refractivity contribution in [2.24, 2.45) is 5.92 Å². The fourth-order valence-electron chi connectivity index (χ4n) is 3.03. The number of carboxylic acid groups (broad SMARTS) is 1. The van der Waals surface area contributed by atoms with E-state index in [1.54, 1.807) is 35.4 Å². The molecule has 3 rings (SSSR count). The Morgan fingerprint density at radius 3 is 2.48 bits per heavy atom. The Hall–Kier alpha value is -2.74. The lowest BCUT2D eigenvalue weighted by atomic mass is 9.96. The minimum atomic E-state index is -0.794. The molecule has 7 nitrogen and oxygen atoms in total. The van der Waals surface area contributed by atoms with Crippen molar-refractivity contribution in [2.75, 3.05) is 18.4 Å². The Labute approximate surface area is 161 Å². The number of rotatable bonds is 6. The Bertz CT molecular complexity index is 797. The summed E-state index contributed by atoms with van der Waals surface area (Å²) >= 11 is 1.53. The second-order valence-electron chi connectivity index (χ2n) is 6.46. The number of aromatic nitrogens is 1. The van der Waals surface area contributed by atoms with Crippen LogP contribution in [0.15, 0.2) is 35.8 Å². The number of amides is 2. The molecule has 1 aliphatic heterocycles. The number of carboxylic acids is 1. The van der Waals surface area contributed by atoms with E-state index in [9.17, 15) is 14.4 Å². The van der Waals surface area contributed by atoms with E-state index in [0.29, 0.717) is 50.0 Å². The molecule has 2 heterocycles. The highest BCUT2D eigenvalue weighted by molar-refractivity contribution is 7.09. The van der Waals surface area contributed by atoms with E-state index in [1.807, 2.05) is 5.38 Å². The molecule has 1 aromatic heterocycles. The molecule has 142 valence electrons. The van der Waals surface area contributed by atoms with Gasteiger partial charge in [0.25, 0.3) is 5.91 Å². The first kappa shape index (κ1) is 19.0. The number of carbonyl (C=O) groups is 3. The quantitative estimate of drug-likeness (QED) is 0.794. The number of anilines is 1. The van der Waals surface area contributed by atoms with Gasteiger partial charge in [0.1, 0.15) is 0 Å². The molecule has 2 aromatic rings. The minimum absolute atomic E-state index is 0.0972. The zero-order valence-electron chi connectivity index (χ0n) is 14.8. The molecule has 1 aliphatic rings. The number of nitrogens with one attached hydrogen (secondary N) is 1. The standard InChI is InChI=1S/C19H21N3O4S/c23-16(5-6-17-20-9-12-27-17)21-15-3-1-13(2-4-15)18(24)22-10-7-14(8-11-22)19(25)26/h1-4,9,12,14H,5-8,10-11H2,(H,21,23)(H,25,26). The van der Waals surface area contributed by atoms with Gasteiger partial charge in [0.05, 0.1) is 10.9 Å². The van der Waals surface area contributed by atoms with Crippen LogP contribution < -0.4 is 5.32 Å². The lowest BCUT2D eigenvalue weighted by Gasteiger charge is -2.30. The molecule has 27 heavy (non-hydrogen) atoms. The third-order valence-corrected chi connectivity index (χ3v) is 5.44. The first-order chi connectivity index (χ1) is 13.0. The van der Waals surface area contributed by atoms with E-state index >= 15 is 0 Å². The summed E-state index contributed by atoms with van der Waals surface area (Å²) in [5, 5.41) is 14.7. The van der Waals surface area contributed by atoms with Crippen LogP contribution in [0.25, 0.3) is 0 Å². The number of hydrogen-bond donors (Lipinski definition) is 2. The van der Waals surface area contributed by atoms with Crippen LogP contribution in [0.5, 0.6) is 0 Å². The van der Waals surface area contributed by atoms with Crippen molar-refractivity contribution < 1.29 is 19.5 Å². The molecule has 0 aliphatic carbocycles. The summed E-state index contributed by atoms with van der Waals surface area (Å²) in [7, 11) is 0. The van der Waals surface area contributed by atoms with Crippen molar-refractivity contribution in [1.29, 1.82) is 0 Å². The number of hydrogen-bond acceptors (Lipinski definition) is 5. The average molecular weight is 387 g/mol. The molecule has 0 spiro atoms. The molecular weight excluding hydrogens is 366 g/mol. The van der Waals surface area contributed by atoms with Crippen molar-refractivity contribution in [2.45, 2.75) is 25.7 Å². The Balaban J connectivity index is 1.50. The van der Waals surface area contributed by atoms with Crippen LogP contribution in [0, 0.1) is 5.92 Å². The van der Waals surface area contributed by atoms with Crippen LogP contribution in [-0.4, -0.2) is 45.9 Å². The van der Waals surface area contributed by atoms with Gasteiger partial charge in [0.2, 0.25) is 5.91 Å². The molecule has 1 saturated heterocycles. The lowest BCUT2D eigenvalue weighted by molar-refractivity contribution is -0.143. The number of carbonyl (C=O) groups excluding carboxylic acids is 2. The molecule has 1 fully saturated rings. The van der Waals surface area contributed by atoms with Gasteiger partial charge in [0, 0.05) is 48.8 Å². The van der Waals surface area contributed by atoms with Crippen molar-refractivity contribution in [3.63, 3.8) is 0 Å². The zero-order chi connectivity index (χ0) is 19.2. The lowest BCUT2D eigenvalue weighted by Crippen LogP contribution is -2.40. The molecule has 2 N–H and O–H groups in total. The molecule has 0 unspecified atom stereocenters. The first-order valence-electron chi connectivity index (χ1n) is 8.83. The van der Waals surface area contributed by atoms with E-state index in [0.717, 1.165) is 5.01 Å². The van der Waals surface area contributed by atoms with E-state index in [-0.39, 0.29) is 17.7 Å². The SMILES string of the molecule is O=C(CCc1nccs1)Nc1ccc(C(=O)N2CCC(C(=O)O)CC2)cc1. The van der Waals surface area contributed by atoms with Gasteiger partial charge in [-0.25, -0.2) is 4.98 Å². The third kappa shape index (κ3) is 5.13. The highest BCUT2D eigenvalue weighted by Crippen LogP contribution is 2.20. The molecule has 0 atom stereocenters. The minimum Gasteiger partial charge on any atom is -0.481 e. The third-order valence-electron chi connectivity index (χ3n) is 4.60. The number of aryl methyl sites for hydroxylation is 1. The van der Waals surface area contributed by atoms with Crippen LogP contribution in [0.3, 0.4) is 0 Å². The Morgan fingerprint density at radius 2 is 1.89 bits per heavy atom. The molecular formula is C19H21N3O4S. The molecule has 2 amide bonds. The van der Waals surface area contributed by atoms with Gasteiger partial charge >= 0.3 is 5.97 Å². The topological polar surface area (TPSA) is 99.6 Å². The summed E-state index contributed by atoms with van der Waals surface area (Å²) in [4.78, 5) is 41.4. The average Bonchev–Trinajstić information content (AvgIpc) is 3.20. The summed E-state index contributed by atoms with van der Waals surface area (Å²) in [6.07, 6.45) is 3.64. The molecule has 8 heteroatoms. The van der Waals surface area contributed by atoms with Gasteiger partial charge in [0.15, 0.2) is 0 Å². The molecule has 0 saturated carbocycles. The van der Waals surface area contributed by atoms with Crippen LogP contribution in [0.4, 0.5) is 5.69 Å². The fraction of sp³-hybridized carbons (Fsp3) is 0.368. The maximum atomic E-state index is 12.5. The van der Waals surface area contributed by atoms with Gasteiger partial charge in [-0.1, -0.05) is 0 Å². The number of piperidine rings is 1. The van der Waals surface area contributed by atoms with Crippen LogP contribution in [0.1, 0.15) is 34.6 Å². The van der Waals surface area contributed by atoms with Gasteiger partial charge in [-0.15, -0.1) is 11.3 Å². The molecule has 1 aromatic carbocycles. The van der Waals surface area contributed by atoms with Gasteiger partial charge in [-0.3, -0.25) is 14.4 Å². The van der Waals surface area contributed by atoms with E-state index < -0.39 is 5.97 Å². The van der Waals surface area contributed by atoms with Crippen molar-refractivity contribution >= 4 is 34.8 Å². The number of likely N-dealkylation sites (tertiary alicyclic amines) is 1. The number of nitrogens with zero attached hydrogens (tertiary/aromatic N) is 2. The predicted molar refractivity (Wildman–Crippen MR) is 102 cm³/mol. The number of aliphatic carboxylic acids is 1. The molecule has 0 bridgehead atoms. The van der Waals surface area contributed by atoms with Gasteiger partial charge in [-0.05, 0) is 37.1 Å². The summed E-state index contributed by atoms with van der Waals surface area (Å²) in [5.74, 6) is -1.37. The normalized spacial score (nSPS) is 14.7. The maximum absolute atomic E-state index is 12.5. The summed E-state index contributed by atoms with van der Waals surface area (Å²) in [5.41, 5.74) is 1.17. The monoisotopic (exact) mass is 387 g/mol. The number of benzene rings is 1. The smallest absolute Gasteiger partial charge is 0.306 e. The highest BCUT2D eigenvalue weighted by Gasteiger charge is 2.27. The van der Waals surface area contributed by atoms with Crippen molar-refractivity contribution in [1.82, 2.24) is 9.88 Å². The van der Waals surface area contributed by atoms with Crippen LogP contribution >= 0.6 is 11.3 Å². The largest absolute Gasteiger partial charge is 0.481 e. The maximum Gasteiger partial charge on any atom is 0.306 e. The second kappa shape index (κ2) is 8.77. The Kier molecular flexibility index (Phi) is 6.18. The van der Waals surface area contributed by atoms with E-state index in [4.69, 9.17) is 5.11 Å². The van der Waals surface area contributed by atoms with Crippen molar-refractivity contribution in [3.05, 3.63) is 46.4 Å². The van der Waals surface area contributed by atoms with Gasteiger partial charge in [-0.2, -0.15) is 0 Å². The highest BCUT2D eigenvalue weighted by atomic mass is 32.1.